The summed E-state index contributed by atoms with van der Waals surface area (Å²) in [5.41, 5.74) is 0.966. The zero-order valence-electron chi connectivity index (χ0n) is 10.7. The van der Waals surface area contributed by atoms with E-state index in [2.05, 4.69) is 10.6 Å². The number of anilines is 1. The van der Waals surface area contributed by atoms with Gasteiger partial charge in [-0.2, -0.15) is 0 Å². The quantitative estimate of drug-likeness (QED) is 0.747. The molecule has 1 atom stereocenters. The molecule has 0 saturated heterocycles. The summed E-state index contributed by atoms with van der Waals surface area (Å²) in [5.74, 6) is -0.229. The Hall–Kier alpha value is -1.26. The van der Waals surface area contributed by atoms with Crippen molar-refractivity contribution < 1.29 is 9.53 Å². The lowest BCUT2D eigenvalue weighted by Crippen LogP contribution is -2.34. The first-order valence-electron chi connectivity index (χ1n) is 6.00. The molecule has 100 valence electrons. The molecular weight excluding hydrogens is 252 g/mol. The number of nitrogens with one attached hydrogen (secondary N) is 2. The van der Waals surface area contributed by atoms with Gasteiger partial charge >= 0.3 is 5.97 Å². The van der Waals surface area contributed by atoms with Crippen molar-refractivity contribution >= 4 is 23.3 Å². The van der Waals surface area contributed by atoms with Crippen molar-refractivity contribution in [3.05, 3.63) is 29.3 Å². The van der Waals surface area contributed by atoms with Crippen molar-refractivity contribution in [2.75, 3.05) is 25.0 Å². The average molecular weight is 271 g/mol. The summed E-state index contributed by atoms with van der Waals surface area (Å²) in [6, 6.07) is 7.73. The van der Waals surface area contributed by atoms with Crippen molar-refractivity contribution in [3.8, 4) is 0 Å². The lowest BCUT2D eigenvalue weighted by Gasteiger charge is -2.15. The summed E-state index contributed by atoms with van der Waals surface area (Å²) < 4.78 is 4.82. The second-order valence-electron chi connectivity index (χ2n) is 3.99. The number of halogens is 1. The van der Waals surface area contributed by atoms with Crippen LogP contribution in [0.3, 0.4) is 0 Å². The number of ether oxygens (including phenoxy) is 1. The number of carbonyl (C=O) groups is 1. The largest absolute Gasteiger partial charge is 0.465 e. The molecule has 0 unspecified atom stereocenters. The van der Waals surface area contributed by atoms with Gasteiger partial charge in [0, 0.05) is 23.3 Å². The van der Waals surface area contributed by atoms with E-state index < -0.39 is 0 Å². The third-order valence-electron chi connectivity index (χ3n) is 2.26. The number of carbonyl (C=O) groups excluding carboxylic acids is 1. The standard InChI is InChI=1S/C13H19ClN2O2/c1-3-18-13(17)9-15-8-10(2)16-12-6-4-5-11(14)7-12/h4-7,10,15-16H,3,8-9H2,1-2H3/t10-/m0/s1. The highest BCUT2D eigenvalue weighted by Crippen LogP contribution is 2.15. The molecule has 0 heterocycles. The van der Waals surface area contributed by atoms with Gasteiger partial charge in [-0.05, 0) is 32.0 Å². The first kappa shape index (κ1) is 14.8. The van der Waals surface area contributed by atoms with Crippen LogP contribution in [0.2, 0.25) is 5.02 Å². The first-order chi connectivity index (χ1) is 8.61. The van der Waals surface area contributed by atoms with Gasteiger partial charge in [-0.25, -0.2) is 0 Å². The van der Waals surface area contributed by atoms with E-state index in [-0.39, 0.29) is 18.6 Å². The lowest BCUT2D eigenvalue weighted by molar-refractivity contribution is -0.141. The average Bonchev–Trinajstić information content (AvgIpc) is 2.29. The molecular formula is C13H19ClN2O2. The molecule has 0 bridgehead atoms. The molecule has 0 radical (unpaired) electrons. The Kier molecular flexibility index (Phi) is 6.54. The second-order valence-corrected chi connectivity index (χ2v) is 4.43. The highest BCUT2D eigenvalue weighted by molar-refractivity contribution is 6.30. The maximum atomic E-state index is 11.1. The zero-order valence-corrected chi connectivity index (χ0v) is 11.5. The summed E-state index contributed by atoms with van der Waals surface area (Å²) in [6.45, 7) is 5.14. The highest BCUT2D eigenvalue weighted by atomic mass is 35.5. The van der Waals surface area contributed by atoms with Gasteiger partial charge in [-0.15, -0.1) is 0 Å². The second kappa shape index (κ2) is 7.95. The molecule has 1 aromatic carbocycles. The number of esters is 1. The van der Waals surface area contributed by atoms with Gasteiger partial charge < -0.3 is 15.4 Å². The van der Waals surface area contributed by atoms with Gasteiger partial charge in [0.15, 0.2) is 0 Å². The molecule has 4 nitrogen and oxygen atoms in total. The van der Waals surface area contributed by atoms with Crippen LogP contribution in [0.1, 0.15) is 13.8 Å². The minimum absolute atomic E-state index is 0.192. The lowest BCUT2D eigenvalue weighted by atomic mass is 10.2. The Bertz CT molecular complexity index is 385. The summed E-state index contributed by atoms with van der Waals surface area (Å²) in [5, 5.41) is 7.02. The van der Waals surface area contributed by atoms with E-state index in [0.717, 1.165) is 5.69 Å². The van der Waals surface area contributed by atoms with E-state index >= 15 is 0 Å². The van der Waals surface area contributed by atoms with Crippen LogP contribution in [0.25, 0.3) is 0 Å². The molecule has 0 amide bonds. The molecule has 0 aliphatic carbocycles. The molecule has 0 aromatic heterocycles. The van der Waals surface area contributed by atoms with Crippen LogP contribution in [0.4, 0.5) is 5.69 Å². The minimum Gasteiger partial charge on any atom is -0.465 e. The maximum absolute atomic E-state index is 11.1. The van der Waals surface area contributed by atoms with Crippen molar-refractivity contribution in [2.24, 2.45) is 0 Å². The predicted molar refractivity (Wildman–Crippen MR) is 74.0 cm³/mol. The number of benzene rings is 1. The Morgan fingerprint density at radius 3 is 2.94 bits per heavy atom. The molecule has 18 heavy (non-hydrogen) atoms. The monoisotopic (exact) mass is 270 g/mol. The SMILES string of the molecule is CCOC(=O)CNC[C@H](C)Nc1cccc(Cl)c1. The Labute approximate surface area is 113 Å². The molecule has 0 aliphatic heterocycles. The van der Waals surface area contributed by atoms with E-state index in [9.17, 15) is 4.79 Å². The third kappa shape index (κ3) is 5.89. The van der Waals surface area contributed by atoms with E-state index in [1.807, 2.05) is 31.2 Å². The van der Waals surface area contributed by atoms with Crippen LogP contribution in [0.5, 0.6) is 0 Å². The normalized spacial score (nSPS) is 11.9. The van der Waals surface area contributed by atoms with E-state index in [4.69, 9.17) is 16.3 Å². The van der Waals surface area contributed by atoms with Crippen LogP contribution < -0.4 is 10.6 Å². The number of hydrogen-bond acceptors (Lipinski definition) is 4. The fourth-order valence-corrected chi connectivity index (χ4v) is 1.71. The third-order valence-corrected chi connectivity index (χ3v) is 2.50. The molecule has 0 saturated carbocycles. The highest BCUT2D eigenvalue weighted by Gasteiger charge is 2.04. The van der Waals surface area contributed by atoms with Gasteiger partial charge in [0.2, 0.25) is 0 Å². The zero-order chi connectivity index (χ0) is 13.4. The van der Waals surface area contributed by atoms with Gasteiger partial charge in [0.25, 0.3) is 0 Å². The van der Waals surface area contributed by atoms with Crippen LogP contribution >= 0.6 is 11.6 Å². The summed E-state index contributed by atoms with van der Waals surface area (Å²) in [7, 11) is 0. The van der Waals surface area contributed by atoms with Crippen LogP contribution in [-0.4, -0.2) is 31.7 Å². The smallest absolute Gasteiger partial charge is 0.319 e. The van der Waals surface area contributed by atoms with Crippen molar-refractivity contribution in [2.45, 2.75) is 19.9 Å². The van der Waals surface area contributed by atoms with Gasteiger partial charge in [0.1, 0.15) is 0 Å². The Balaban J connectivity index is 2.25. The van der Waals surface area contributed by atoms with Gasteiger partial charge in [-0.1, -0.05) is 17.7 Å². The van der Waals surface area contributed by atoms with E-state index in [1.165, 1.54) is 0 Å². The number of rotatable bonds is 7. The van der Waals surface area contributed by atoms with E-state index in [0.29, 0.717) is 18.2 Å². The van der Waals surface area contributed by atoms with Crippen LogP contribution in [0, 0.1) is 0 Å². The minimum atomic E-state index is -0.229. The molecule has 0 aliphatic rings. The van der Waals surface area contributed by atoms with Gasteiger partial charge in [0.05, 0.1) is 13.2 Å². The first-order valence-corrected chi connectivity index (χ1v) is 6.38. The maximum Gasteiger partial charge on any atom is 0.319 e. The topological polar surface area (TPSA) is 50.4 Å². The van der Waals surface area contributed by atoms with Crippen molar-refractivity contribution in [1.82, 2.24) is 5.32 Å². The Morgan fingerprint density at radius 1 is 1.50 bits per heavy atom. The summed E-state index contributed by atoms with van der Waals surface area (Å²) in [6.07, 6.45) is 0. The summed E-state index contributed by atoms with van der Waals surface area (Å²) in [4.78, 5) is 11.1. The predicted octanol–water partition coefficient (Wildman–Crippen LogP) is 2.29. The molecule has 2 N–H and O–H groups in total. The van der Waals surface area contributed by atoms with Crippen molar-refractivity contribution in [1.29, 1.82) is 0 Å². The molecule has 0 spiro atoms. The fraction of sp³-hybridized carbons (Fsp3) is 0.462. The van der Waals surface area contributed by atoms with Crippen LogP contribution in [-0.2, 0) is 9.53 Å². The molecule has 1 rings (SSSR count). The molecule has 5 heteroatoms. The Morgan fingerprint density at radius 2 is 2.28 bits per heavy atom. The van der Waals surface area contributed by atoms with E-state index in [1.54, 1.807) is 6.92 Å². The molecule has 0 fully saturated rings. The van der Waals surface area contributed by atoms with Gasteiger partial charge in [-0.3, -0.25) is 4.79 Å². The summed E-state index contributed by atoms with van der Waals surface area (Å²) >= 11 is 5.89. The van der Waals surface area contributed by atoms with Crippen molar-refractivity contribution in [3.63, 3.8) is 0 Å². The molecule has 1 aromatic rings. The number of hydrogen-bond donors (Lipinski definition) is 2. The van der Waals surface area contributed by atoms with Crippen LogP contribution in [0.15, 0.2) is 24.3 Å². The fourth-order valence-electron chi connectivity index (χ4n) is 1.52.